The quantitative estimate of drug-likeness (QED) is 0.403. The Morgan fingerprint density at radius 2 is 2.09 bits per heavy atom. The van der Waals surface area contributed by atoms with Gasteiger partial charge in [-0.1, -0.05) is 0 Å². The van der Waals surface area contributed by atoms with Crippen LogP contribution in [-0.4, -0.2) is 70.0 Å². The highest BCUT2D eigenvalue weighted by molar-refractivity contribution is 5.79. The summed E-state index contributed by atoms with van der Waals surface area (Å²) in [6, 6.07) is 3.83. The minimum atomic E-state index is -0.336. The number of rotatable bonds is 9. The van der Waals surface area contributed by atoms with Gasteiger partial charge in [-0.05, 0) is 18.6 Å². The number of aliphatic imine (C=N–C) groups is 1. The zero-order chi connectivity index (χ0) is 16.2. The molecule has 2 N–H and O–H groups in total. The van der Waals surface area contributed by atoms with Crippen LogP contribution >= 0.6 is 0 Å². The number of alkyl halides is 1. The lowest BCUT2D eigenvalue weighted by molar-refractivity contribution is 0.0389. The first-order valence-electron chi connectivity index (χ1n) is 8.29. The molecule has 2 heterocycles. The molecular weight excluding hydrogens is 299 g/mol. The second kappa shape index (κ2) is 11.0. The van der Waals surface area contributed by atoms with Crippen LogP contribution in [0.5, 0.6) is 0 Å². The maximum Gasteiger partial charge on any atom is 0.191 e. The fourth-order valence-electron chi connectivity index (χ4n) is 2.34. The first-order valence-corrected chi connectivity index (χ1v) is 8.29. The predicted molar refractivity (Wildman–Crippen MR) is 88.6 cm³/mol. The van der Waals surface area contributed by atoms with Gasteiger partial charge >= 0.3 is 0 Å². The van der Waals surface area contributed by atoms with E-state index < -0.39 is 0 Å². The molecule has 0 atom stereocenters. The Kier molecular flexibility index (Phi) is 8.50. The summed E-state index contributed by atoms with van der Waals surface area (Å²) in [4.78, 5) is 6.76. The molecule has 0 amide bonds. The highest BCUT2D eigenvalue weighted by Crippen LogP contribution is 1.99. The third kappa shape index (κ3) is 7.47. The van der Waals surface area contributed by atoms with Crippen molar-refractivity contribution in [2.24, 2.45) is 4.99 Å². The first-order chi connectivity index (χ1) is 11.4. The van der Waals surface area contributed by atoms with E-state index in [-0.39, 0.29) is 6.67 Å². The van der Waals surface area contributed by atoms with E-state index in [1.807, 2.05) is 12.1 Å². The van der Waals surface area contributed by atoms with Gasteiger partial charge in [0, 0.05) is 45.7 Å². The summed E-state index contributed by atoms with van der Waals surface area (Å²) in [6.45, 7) is 6.20. The van der Waals surface area contributed by atoms with Gasteiger partial charge in [-0.25, -0.2) is 0 Å². The molecule has 1 aliphatic heterocycles. The van der Waals surface area contributed by atoms with Crippen LogP contribution in [-0.2, 0) is 11.2 Å². The summed E-state index contributed by atoms with van der Waals surface area (Å²) in [5, 5.41) is 6.58. The van der Waals surface area contributed by atoms with E-state index in [0.717, 1.165) is 64.1 Å². The second-order valence-corrected chi connectivity index (χ2v) is 5.41. The van der Waals surface area contributed by atoms with Crippen molar-refractivity contribution >= 4 is 5.96 Å². The van der Waals surface area contributed by atoms with Crippen molar-refractivity contribution in [1.29, 1.82) is 0 Å². The Morgan fingerprint density at radius 3 is 2.83 bits per heavy atom. The van der Waals surface area contributed by atoms with Gasteiger partial charge in [0.1, 0.15) is 5.76 Å². The molecule has 6 nitrogen and oxygen atoms in total. The van der Waals surface area contributed by atoms with Gasteiger partial charge in [-0.3, -0.25) is 14.3 Å². The van der Waals surface area contributed by atoms with Crippen LogP contribution < -0.4 is 10.6 Å². The number of ether oxygens (including phenoxy) is 1. The summed E-state index contributed by atoms with van der Waals surface area (Å²) < 4.78 is 22.9. The maximum absolute atomic E-state index is 12.2. The molecule has 23 heavy (non-hydrogen) atoms. The topological polar surface area (TPSA) is 62.0 Å². The van der Waals surface area contributed by atoms with E-state index in [4.69, 9.17) is 9.15 Å². The Balaban J connectivity index is 1.68. The minimum absolute atomic E-state index is 0.336. The van der Waals surface area contributed by atoms with Crippen molar-refractivity contribution in [1.82, 2.24) is 15.5 Å². The second-order valence-electron chi connectivity index (χ2n) is 5.41. The van der Waals surface area contributed by atoms with Crippen molar-refractivity contribution in [2.45, 2.75) is 12.8 Å². The Bertz CT molecular complexity index is 433. The molecule has 1 fully saturated rings. The zero-order valence-electron chi connectivity index (χ0n) is 13.6. The van der Waals surface area contributed by atoms with Crippen molar-refractivity contribution < 1.29 is 13.5 Å². The summed E-state index contributed by atoms with van der Waals surface area (Å²) in [5.74, 6) is 1.67. The van der Waals surface area contributed by atoms with Crippen LogP contribution in [0.3, 0.4) is 0 Å². The molecule has 2 rings (SSSR count). The number of hydrogen-bond donors (Lipinski definition) is 2. The monoisotopic (exact) mass is 326 g/mol. The largest absolute Gasteiger partial charge is 0.469 e. The number of halogens is 1. The number of furan rings is 1. The normalized spacial score (nSPS) is 16.5. The van der Waals surface area contributed by atoms with Gasteiger partial charge in [0.05, 0.1) is 26.2 Å². The van der Waals surface area contributed by atoms with Crippen LogP contribution in [0.4, 0.5) is 4.39 Å². The van der Waals surface area contributed by atoms with E-state index in [9.17, 15) is 4.39 Å². The Labute approximate surface area is 137 Å². The number of nitrogens with one attached hydrogen (secondary N) is 2. The summed E-state index contributed by atoms with van der Waals surface area (Å²) >= 11 is 0. The Hall–Kier alpha value is -1.60. The van der Waals surface area contributed by atoms with Crippen LogP contribution in [0.1, 0.15) is 12.2 Å². The highest BCUT2D eigenvalue weighted by atomic mass is 19.1. The molecule has 0 bridgehead atoms. The van der Waals surface area contributed by atoms with Gasteiger partial charge in [0.15, 0.2) is 5.96 Å². The smallest absolute Gasteiger partial charge is 0.191 e. The van der Waals surface area contributed by atoms with Crippen LogP contribution in [0.2, 0.25) is 0 Å². The summed E-state index contributed by atoms with van der Waals surface area (Å²) in [6.07, 6.45) is 2.92. The average molecular weight is 326 g/mol. The van der Waals surface area contributed by atoms with Gasteiger partial charge in [-0.15, -0.1) is 0 Å². The fraction of sp³-hybridized carbons (Fsp3) is 0.688. The predicted octanol–water partition coefficient (Wildman–Crippen LogP) is 1.05. The molecule has 1 aliphatic rings. The van der Waals surface area contributed by atoms with Crippen molar-refractivity contribution in [2.75, 3.05) is 59.2 Å². The van der Waals surface area contributed by atoms with Crippen molar-refractivity contribution in [3.05, 3.63) is 24.2 Å². The van der Waals surface area contributed by atoms with Crippen LogP contribution in [0.25, 0.3) is 0 Å². The van der Waals surface area contributed by atoms with Crippen LogP contribution in [0.15, 0.2) is 27.8 Å². The lowest BCUT2D eigenvalue weighted by Crippen LogP contribution is -2.44. The third-order valence-corrected chi connectivity index (χ3v) is 3.63. The molecule has 7 heteroatoms. The standard InChI is InChI=1S/C16H27FN4O2/c17-5-2-6-18-16(19-7-4-15-3-1-12-23-15)20-8-9-21-10-13-22-14-11-21/h1,3,12H,2,4-11,13-14H2,(H2,18,19,20). The van der Waals surface area contributed by atoms with Gasteiger partial charge < -0.3 is 19.8 Å². The molecule has 0 aliphatic carbocycles. The number of hydrogen-bond acceptors (Lipinski definition) is 4. The van der Waals surface area contributed by atoms with Crippen LogP contribution in [0, 0.1) is 0 Å². The van der Waals surface area contributed by atoms with E-state index >= 15 is 0 Å². The number of morpholine rings is 1. The molecule has 0 unspecified atom stereocenters. The molecule has 130 valence electrons. The number of guanidine groups is 1. The molecule has 1 aromatic heterocycles. The highest BCUT2D eigenvalue weighted by Gasteiger charge is 2.09. The average Bonchev–Trinajstić information content (AvgIpc) is 3.09. The molecule has 1 aromatic rings. The maximum atomic E-state index is 12.2. The molecule has 0 spiro atoms. The Morgan fingerprint density at radius 1 is 1.26 bits per heavy atom. The summed E-state index contributed by atoms with van der Waals surface area (Å²) in [7, 11) is 0. The van der Waals surface area contributed by atoms with Gasteiger partial charge in [0.2, 0.25) is 0 Å². The van der Waals surface area contributed by atoms with Crippen molar-refractivity contribution in [3.63, 3.8) is 0 Å². The molecule has 1 saturated heterocycles. The van der Waals surface area contributed by atoms with E-state index in [1.54, 1.807) is 6.26 Å². The molecule has 0 radical (unpaired) electrons. The lowest BCUT2D eigenvalue weighted by atomic mass is 10.3. The molecule has 0 saturated carbocycles. The van der Waals surface area contributed by atoms with E-state index in [0.29, 0.717) is 13.0 Å². The zero-order valence-corrected chi connectivity index (χ0v) is 13.6. The molecule has 0 aromatic carbocycles. The lowest BCUT2D eigenvalue weighted by Gasteiger charge is -2.26. The minimum Gasteiger partial charge on any atom is -0.469 e. The molecular formula is C16H27FN4O2. The van der Waals surface area contributed by atoms with Gasteiger partial charge in [-0.2, -0.15) is 0 Å². The summed E-state index contributed by atoms with van der Waals surface area (Å²) in [5.41, 5.74) is 0. The third-order valence-electron chi connectivity index (χ3n) is 3.63. The van der Waals surface area contributed by atoms with Gasteiger partial charge in [0.25, 0.3) is 0 Å². The SMILES string of the molecule is FCCCN=C(NCCc1ccco1)NCCN1CCOCC1. The fourth-order valence-corrected chi connectivity index (χ4v) is 2.34. The van der Waals surface area contributed by atoms with E-state index in [1.165, 1.54) is 0 Å². The van der Waals surface area contributed by atoms with E-state index in [2.05, 4.69) is 20.5 Å². The first kappa shape index (κ1) is 17.7. The number of nitrogens with zero attached hydrogens (tertiary/aromatic N) is 2. The van der Waals surface area contributed by atoms with Crippen molar-refractivity contribution in [3.8, 4) is 0 Å².